The van der Waals surface area contributed by atoms with Crippen molar-refractivity contribution >= 4 is 23.2 Å². The van der Waals surface area contributed by atoms with Gasteiger partial charge in [0.05, 0.1) is 0 Å². The second-order valence-electron chi connectivity index (χ2n) is 4.30. The van der Waals surface area contributed by atoms with Crippen LogP contribution in [0.1, 0.15) is 25.8 Å². The van der Waals surface area contributed by atoms with Crippen molar-refractivity contribution in [2.24, 2.45) is 5.73 Å². The van der Waals surface area contributed by atoms with Crippen LogP contribution in [0, 0.1) is 0 Å². The van der Waals surface area contributed by atoms with Crippen molar-refractivity contribution in [3.8, 4) is 0 Å². The molecule has 3 N–H and O–H groups in total. The molecule has 0 saturated heterocycles. The van der Waals surface area contributed by atoms with Crippen LogP contribution in [0.4, 0.5) is 0 Å². The predicted molar refractivity (Wildman–Crippen MR) is 69.2 cm³/mol. The maximum Gasteiger partial charge on any atom is 0.0458 e. The van der Waals surface area contributed by atoms with E-state index in [0.717, 1.165) is 5.56 Å². The summed E-state index contributed by atoms with van der Waals surface area (Å²) in [7, 11) is 0. The van der Waals surface area contributed by atoms with Gasteiger partial charge in [0.25, 0.3) is 0 Å². The van der Waals surface area contributed by atoms with Gasteiger partial charge >= 0.3 is 0 Å². The average molecular weight is 262 g/mol. The molecule has 0 fully saturated rings. The highest BCUT2D eigenvalue weighted by atomic mass is 35.5. The Morgan fingerprint density at radius 2 is 2.06 bits per heavy atom. The Balaban J connectivity index is 3.21. The van der Waals surface area contributed by atoms with Crippen LogP contribution < -0.4 is 5.73 Å². The van der Waals surface area contributed by atoms with Gasteiger partial charge in [-0.25, -0.2) is 0 Å². The van der Waals surface area contributed by atoms with Gasteiger partial charge < -0.3 is 10.8 Å². The zero-order valence-electron chi connectivity index (χ0n) is 9.50. The normalized spacial score (nSPS) is 16.9. The number of nitrogens with two attached hydrogens (primary N) is 1. The maximum absolute atomic E-state index is 9.13. The Morgan fingerprint density at radius 3 is 2.50 bits per heavy atom. The van der Waals surface area contributed by atoms with Gasteiger partial charge in [-0.1, -0.05) is 36.2 Å². The molecule has 2 unspecified atom stereocenters. The van der Waals surface area contributed by atoms with Crippen molar-refractivity contribution in [1.82, 2.24) is 0 Å². The lowest BCUT2D eigenvalue weighted by atomic mass is 9.74. The molecule has 0 saturated carbocycles. The van der Waals surface area contributed by atoms with E-state index >= 15 is 0 Å². The van der Waals surface area contributed by atoms with E-state index < -0.39 is 0 Å². The number of benzene rings is 1. The fourth-order valence-corrected chi connectivity index (χ4v) is 2.42. The fraction of sp³-hybridized carbons (Fsp3) is 0.500. The minimum atomic E-state index is -0.337. The number of halogens is 2. The molecule has 1 rings (SSSR count). The van der Waals surface area contributed by atoms with Crippen LogP contribution in [-0.4, -0.2) is 17.8 Å². The van der Waals surface area contributed by atoms with E-state index in [4.69, 9.17) is 34.0 Å². The first kappa shape index (κ1) is 13.8. The third-order valence-corrected chi connectivity index (χ3v) is 3.73. The number of rotatable bonds is 4. The Hall–Kier alpha value is -0.280. The third kappa shape index (κ3) is 2.69. The van der Waals surface area contributed by atoms with Crippen LogP contribution in [0.15, 0.2) is 18.2 Å². The summed E-state index contributed by atoms with van der Waals surface area (Å²) >= 11 is 12.0. The number of hydrogen-bond acceptors (Lipinski definition) is 2. The van der Waals surface area contributed by atoms with Crippen LogP contribution in [0.5, 0.6) is 0 Å². The molecule has 0 aliphatic heterocycles. The van der Waals surface area contributed by atoms with Crippen molar-refractivity contribution < 1.29 is 5.11 Å². The quantitative estimate of drug-likeness (QED) is 0.876. The molecule has 0 amide bonds. The fourth-order valence-electron chi connectivity index (χ4n) is 1.79. The molecule has 2 atom stereocenters. The second-order valence-corrected chi connectivity index (χ2v) is 5.15. The molecule has 16 heavy (non-hydrogen) atoms. The molecule has 0 bridgehead atoms. The highest BCUT2D eigenvalue weighted by Gasteiger charge is 2.32. The summed E-state index contributed by atoms with van der Waals surface area (Å²) in [6.45, 7) is 4.00. The van der Waals surface area contributed by atoms with Gasteiger partial charge in [-0.3, -0.25) is 0 Å². The second kappa shape index (κ2) is 5.37. The first-order valence-corrected chi connectivity index (χ1v) is 5.99. The Labute approximate surface area is 106 Å². The molecule has 90 valence electrons. The maximum atomic E-state index is 9.13. The van der Waals surface area contributed by atoms with Crippen LogP contribution in [0.3, 0.4) is 0 Å². The number of aliphatic hydroxyl groups is 1. The molecule has 0 aliphatic rings. The third-order valence-electron chi connectivity index (χ3n) is 3.18. The molecular weight excluding hydrogens is 245 g/mol. The van der Waals surface area contributed by atoms with E-state index in [1.165, 1.54) is 0 Å². The summed E-state index contributed by atoms with van der Waals surface area (Å²) in [6.07, 6.45) is 0.575. The Morgan fingerprint density at radius 1 is 1.44 bits per heavy atom. The molecule has 2 nitrogen and oxygen atoms in total. The van der Waals surface area contributed by atoms with Crippen molar-refractivity contribution in [3.63, 3.8) is 0 Å². The highest BCUT2D eigenvalue weighted by Crippen LogP contribution is 2.36. The zero-order chi connectivity index (χ0) is 12.3. The highest BCUT2D eigenvalue weighted by molar-refractivity contribution is 6.35. The first-order valence-electron chi connectivity index (χ1n) is 5.24. The van der Waals surface area contributed by atoms with Crippen molar-refractivity contribution in [3.05, 3.63) is 33.8 Å². The van der Waals surface area contributed by atoms with Crippen molar-refractivity contribution in [1.29, 1.82) is 0 Å². The summed E-state index contributed by atoms with van der Waals surface area (Å²) < 4.78 is 0. The number of aliphatic hydroxyl groups excluding tert-OH is 1. The molecule has 1 aromatic carbocycles. The summed E-state index contributed by atoms with van der Waals surface area (Å²) in [5.41, 5.74) is 6.59. The van der Waals surface area contributed by atoms with E-state index in [-0.39, 0.29) is 18.1 Å². The van der Waals surface area contributed by atoms with Gasteiger partial charge in [-0.2, -0.15) is 0 Å². The average Bonchev–Trinajstić information content (AvgIpc) is 2.17. The van der Waals surface area contributed by atoms with Gasteiger partial charge in [0.15, 0.2) is 0 Å². The smallest absolute Gasteiger partial charge is 0.0458 e. The molecule has 0 heterocycles. The van der Waals surface area contributed by atoms with E-state index in [1.807, 2.05) is 19.9 Å². The van der Waals surface area contributed by atoms with Gasteiger partial charge in [0, 0.05) is 28.1 Å². The molecule has 4 heteroatoms. The Kier molecular flexibility index (Phi) is 4.62. The summed E-state index contributed by atoms with van der Waals surface area (Å²) in [5.74, 6) is 0. The van der Waals surface area contributed by atoms with E-state index in [2.05, 4.69) is 0 Å². The number of hydrogen-bond donors (Lipinski definition) is 2. The lowest BCUT2D eigenvalue weighted by molar-refractivity contribution is 0.229. The molecule has 0 radical (unpaired) electrons. The van der Waals surface area contributed by atoms with Gasteiger partial charge in [-0.15, -0.1) is 0 Å². The summed E-state index contributed by atoms with van der Waals surface area (Å²) in [5, 5.41) is 10.3. The molecule has 1 aromatic rings. The lowest BCUT2D eigenvalue weighted by Gasteiger charge is -2.34. The van der Waals surface area contributed by atoms with E-state index in [0.29, 0.717) is 16.5 Å². The van der Waals surface area contributed by atoms with Crippen molar-refractivity contribution in [2.75, 3.05) is 6.61 Å². The van der Waals surface area contributed by atoms with Crippen LogP contribution in [-0.2, 0) is 5.41 Å². The summed E-state index contributed by atoms with van der Waals surface area (Å²) in [6, 6.07) is 5.28. The van der Waals surface area contributed by atoms with Gasteiger partial charge in [-0.05, 0) is 31.0 Å². The molecule has 0 spiro atoms. The standard InChI is InChI=1S/C12H17Cl2NO/c1-8(15)12(2,5-6-16)10-4-3-9(13)7-11(10)14/h3-4,7-8,16H,5-6,15H2,1-2H3. The van der Waals surface area contributed by atoms with Gasteiger partial charge in [0.1, 0.15) is 0 Å². The van der Waals surface area contributed by atoms with E-state index in [1.54, 1.807) is 12.1 Å². The first-order chi connectivity index (χ1) is 7.41. The van der Waals surface area contributed by atoms with Crippen LogP contribution >= 0.6 is 23.2 Å². The van der Waals surface area contributed by atoms with E-state index in [9.17, 15) is 0 Å². The monoisotopic (exact) mass is 261 g/mol. The zero-order valence-corrected chi connectivity index (χ0v) is 11.0. The minimum absolute atomic E-state index is 0.0804. The minimum Gasteiger partial charge on any atom is -0.396 e. The topological polar surface area (TPSA) is 46.2 Å². The largest absolute Gasteiger partial charge is 0.396 e. The van der Waals surface area contributed by atoms with Crippen LogP contribution in [0.25, 0.3) is 0 Å². The van der Waals surface area contributed by atoms with Crippen molar-refractivity contribution in [2.45, 2.75) is 31.7 Å². The molecule has 0 aliphatic carbocycles. The van der Waals surface area contributed by atoms with Crippen LogP contribution in [0.2, 0.25) is 10.0 Å². The van der Waals surface area contributed by atoms with Gasteiger partial charge in [0.2, 0.25) is 0 Å². The lowest BCUT2D eigenvalue weighted by Crippen LogP contribution is -2.41. The summed E-state index contributed by atoms with van der Waals surface area (Å²) in [4.78, 5) is 0. The SMILES string of the molecule is CC(N)C(C)(CCO)c1ccc(Cl)cc1Cl. The molecular formula is C12H17Cl2NO. The molecule has 0 aromatic heterocycles. The Bertz CT molecular complexity index is 368. The predicted octanol–water partition coefficient (Wildman–Crippen LogP) is 2.98.